The summed E-state index contributed by atoms with van der Waals surface area (Å²) in [5.41, 5.74) is 0. The number of rotatable bonds is 3. The van der Waals surface area contributed by atoms with Gasteiger partial charge in [-0.25, -0.2) is 0 Å². The molecule has 1 fully saturated rings. The van der Waals surface area contributed by atoms with Gasteiger partial charge in [-0.3, -0.25) is 0 Å². The monoisotopic (exact) mass is 210 g/mol. The van der Waals surface area contributed by atoms with Crippen LogP contribution in [0, 0.1) is 16.0 Å². The zero-order valence-electron chi connectivity index (χ0n) is 8.43. The van der Waals surface area contributed by atoms with Crippen molar-refractivity contribution in [3.05, 3.63) is 22.4 Å². The average molecular weight is 210 g/mol. The minimum Gasteiger partial charge on any atom is -0.358 e. The quantitative estimate of drug-likeness (QED) is 0.591. The molecule has 82 valence electrons. The first-order chi connectivity index (χ1) is 7.25. The minimum atomic E-state index is -0.459. The second-order valence-corrected chi connectivity index (χ2v) is 3.85. The lowest BCUT2D eigenvalue weighted by atomic mass is 9.98. The van der Waals surface area contributed by atoms with E-state index in [4.69, 9.17) is 0 Å². The van der Waals surface area contributed by atoms with Gasteiger partial charge in [0.1, 0.15) is 0 Å². The highest BCUT2D eigenvalue weighted by atomic mass is 16.6. The van der Waals surface area contributed by atoms with E-state index in [9.17, 15) is 10.1 Å². The van der Waals surface area contributed by atoms with Crippen LogP contribution in [0.25, 0.3) is 0 Å². The molecule has 1 aromatic rings. The van der Waals surface area contributed by atoms with E-state index in [-0.39, 0.29) is 5.82 Å². The maximum Gasteiger partial charge on any atom is 0.389 e. The Kier molecular flexibility index (Phi) is 2.96. The van der Waals surface area contributed by atoms with Gasteiger partial charge >= 0.3 is 5.82 Å². The molecule has 0 atom stereocenters. The summed E-state index contributed by atoms with van der Waals surface area (Å²) in [6.07, 6.45) is 3.92. The number of nitrogens with zero attached hydrogens (tertiary/aromatic N) is 3. The lowest BCUT2D eigenvalue weighted by Crippen LogP contribution is -2.30. The number of nitrogens with one attached hydrogen (secondary N) is 1. The van der Waals surface area contributed by atoms with Crippen molar-refractivity contribution in [3.8, 4) is 0 Å². The molecule has 6 nitrogen and oxygen atoms in total. The maximum atomic E-state index is 10.4. The number of hydrogen-bond acceptors (Lipinski definition) is 4. The van der Waals surface area contributed by atoms with E-state index < -0.39 is 4.92 Å². The van der Waals surface area contributed by atoms with Crippen LogP contribution in [0.4, 0.5) is 5.82 Å². The second-order valence-electron chi connectivity index (χ2n) is 3.85. The summed E-state index contributed by atoms with van der Waals surface area (Å²) in [7, 11) is 0. The van der Waals surface area contributed by atoms with E-state index >= 15 is 0 Å². The van der Waals surface area contributed by atoms with Gasteiger partial charge in [-0.05, 0) is 36.8 Å². The Balaban J connectivity index is 1.94. The van der Waals surface area contributed by atoms with E-state index in [1.165, 1.54) is 6.07 Å². The number of aromatic nitrogens is 2. The van der Waals surface area contributed by atoms with Crippen molar-refractivity contribution in [3.63, 3.8) is 0 Å². The smallest absolute Gasteiger partial charge is 0.358 e. The highest BCUT2D eigenvalue weighted by molar-refractivity contribution is 5.13. The molecule has 15 heavy (non-hydrogen) atoms. The minimum absolute atomic E-state index is 0.0658. The Morgan fingerprint density at radius 2 is 2.33 bits per heavy atom. The normalized spacial score (nSPS) is 17.9. The molecule has 0 aromatic carbocycles. The lowest BCUT2D eigenvalue weighted by Gasteiger charge is -2.21. The summed E-state index contributed by atoms with van der Waals surface area (Å²) >= 11 is 0. The summed E-state index contributed by atoms with van der Waals surface area (Å²) in [5.74, 6) is 0.523. The SMILES string of the molecule is O=[N+]([O-])c1ccn(CC2CCNCC2)n1. The van der Waals surface area contributed by atoms with Gasteiger partial charge < -0.3 is 15.4 Å². The van der Waals surface area contributed by atoms with Gasteiger partial charge in [-0.1, -0.05) is 0 Å². The van der Waals surface area contributed by atoms with Gasteiger partial charge in [-0.15, -0.1) is 0 Å². The molecular weight excluding hydrogens is 196 g/mol. The van der Waals surface area contributed by atoms with Crippen molar-refractivity contribution in [2.45, 2.75) is 19.4 Å². The Bertz CT molecular complexity index is 344. The van der Waals surface area contributed by atoms with Crippen LogP contribution >= 0.6 is 0 Å². The largest absolute Gasteiger partial charge is 0.389 e. The Labute approximate surface area is 87.4 Å². The predicted molar refractivity (Wildman–Crippen MR) is 54.5 cm³/mol. The van der Waals surface area contributed by atoms with Crippen LogP contribution in [0.3, 0.4) is 0 Å². The lowest BCUT2D eigenvalue weighted by molar-refractivity contribution is -0.389. The first-order valence-corrected chi connectivity index (χ1v) is 5.14. The summed E-state index contributed by atoms with van der Waals surface area (Å²) in [4.78, 5) is 9.97. The topological polar surface area (TPSA) is 73.0 Å². The van der Waals surface area contributed by atoms with Gasteiger partial charge in [-0.2, -0.15) is 4.68 Å². The van der Waals surface area contributed by atoms with E-state index in [2.05, 4.69) is 10.4 Å². The van der Waals surface area contributed by atoms with Gasteiger partial charge in [0.25, 0.3) is 0 Å². The zero-order valence-corrected chi connectivity index (χ0v) is 8.43. The van der Waals surface area contributed by atoms with Crippen molar-refractivity contribution in [2.24, 2.45) is 5.92 Å². The first kappa shape index (κ1) is 10.1. The molecule has 0 amide bonds. The van der Waals surface area contributed by atoms with Crippen LogP contribution in [-0.4, -0.2) is 27.8 Å². The summed E-state index contributed by atoms with van der Waals surface area (Å²) < 4.78 is 1.67. The van der Waals surface area contributed by atoms with E-state index in [0.717, 1.165) is 32.5 Å². The van der Waals surface area contributed by atoms with E-state index in [1.54, 1.807) is 10.9 Å². The van der Waals surface area contributed by atoms with Crippen LogP contribution in [0.1, 0.15) is 12.8 Å². The average Bonchev–Trinajstić information content (AvgIpc) is 2.68. The first-order valence-electron chi connectivity index (χ1n) is 5.14. The fourth-order valence-corrected chi connectivity index (χ4v) is 1.88. The maximum absolute atomic E-state index is 10.4. The fraction of sp³-hybridized carbons (Fsp3) is 0.667. The van der Waals surface area contributed by atoms with Crippen molar-refractivity contribution >= 4 is 5.82 Å². The van der Waals surface area contributed by atoms with Gasteiger partial charge in [0.05, 0.1) is 23.9 Å². The van der Waals surface area contributed by atoms with Crippen LogP contribution in [0.2, 0.25) is 0 Å². The van der Waals surface area contributed by atoms with Crippen LogP contribution in [0.5, 0.6) is 0 Å². The Hall–Kier alpha value is -1.43. The molecule has 1 aromatic heterocycles. The van der Waals surface area contributed by atoms with Gasteiger partial charge in [0.15, 0.2) is 0 Å². The Morgan fingerprint density at radius 3 is 2.93 bits per heavy atom. The second kappa shape index (κ2) is 4.39. The van der Waals surface area contributed by atoms with Crippen molar-refractivity contribution in [1.29, 1.82) is 0 Å². The van der Waals surface area contributed by atoms with Crippen LogP contribution in [0.15, 0.2) is 12.3 Å². The molecule has 1 saturated heterocycles. The van der Waals surface area contributed by atoms with E-state index in [0.29, 0.717) is 5.92 Å². The third kappa shape index (κ3) is 2.53. The van der Waals surface area contributed by atoms with Crippen molar-refractivity contribution < 1.29 is 4.92 Å². The molecule has 0 bridgehead atoms. The summed E-state index contributed by atoms with van der Waals surface area (Å²) in [5, 5.41) is 17.6. The molecular formula is C9H14N4O2. The molecule has 1 aliphatic heterocycles. The molecule has 6 heteroatoms. The van der Waals surface area contributed by atoms with Crippen molar-refractivity contribution in [2.75, 3.05) is 13.1 Å². The highest BCUT2D eigenvalue weighted by Gasteiger charge is 2.17. The van der Waals surface area contributed by atoms with Crippen LogP contribution < -0.4 is 5.32 Å². The van der Waals surface area contributed by atoms with E-state index in [1.807, 2.05) is 0 Å². The standard InChI is InChI=1S/C9H14N4O2/c14-13(15)9-3-6-12(11-9)7-8-1-4-10-5-2-8/h3,6,8,10H,1-2,4-5,7H2. The third-order valence-corrected chi connectivity index (χ3v) is 2.72. The van der Waals surface area contributed by atoms with Crippen molar-refractivity contribution in [1.82, 2.24) is 15.1 Å². The number of nitro groups is 1. The third-order valence-electron chi connectivity index (χ3n) is 2.72. The molecule has 2 heterocycles. The fourth-order valence-electron chi connectivity index (χ4n) is 1.88. The summed E-state index contributed by atoms with van der Waals surface area (Å²) in [6.45, 7) is 2.86. The zero-order chi connectivity index (χ0) is 10.7. The molecule has 0 aliphatic carbocycles. The highest BCUT2D eigenvalue weighted by Crippen LogP contribution is 2.15. The number of piperidine rings is 1. The molecule has 1 N–H and O–H groups in total. The molecule has 0 spiro atoms. The molecule has 0 unspecified atom stereocenters. The molecule has 2 rings (SSSR count). The predicted octanol–water partition coefficient (Wildman–Crippen LogP) is 0.791. The summed E-state index contributed by atoms with van der Waals surface area (Å²) in [6, 6.07) is 1.45. The number of hydrogen-bond donors (Lipinski definition) is 1. The van der Waals surface area contributed by atoms with Gasteiger partial charge in [0.2, 0.25) is 0 Å². The molecule has 1 aliphatic rings. The molecule has 0 radical (unpaired) electrons. The van der Waals surface area contributed by atoms with Gasteiger partial charge in [0, 0.05) is 0 Å². The Morgan fingerprint density at radius 1 is 1.60 bits per heavy atom. The molecule has 0 saturated carbocycles. The van der Waals surface area contributed by atoms with Crippen LogP contribution in [-0.2, 0) is 6.54 Å².